The highest BCUT2D eigenvalue weighted by Crippen LogP contribution is 2.39. The largest absolute Gasteiger partial charge is 0.507 e. The van der Waals surface area contributed by atoms with E-state index >= 15 is 0 Å². The number of aryl methyl sites for hydroxylation is 1. The molecule has 1 saturated carbocycles. The number of aromatic nitrogens is 3. The molecule has 7 rings (SSSR count). The van der Waals surface area contributed by atoms with E-state index in [1.165, 1.54) is 5.56 Å². The van der Waals surface area contributed by atoms with Crippen LogP contribution in [0.3, 0.4) is 0 Å². The maximum Gasteiger partial charge on any atom is 0.246 e. The van der Waals surface area contributed by atoms with Crippen LogP contribution in [-0.2, 0) is 14.4 Å². The molecule has 3 unspecified atom stereocenters. The zero-order valence-electron chi connectivity index (χ0n) is 34.6. The third kappa shape index (κ3) is 9.49. The molecule has 5 N–H and O–H groups in total. The Labute approximate surface area is 350 Å². The second-order valence-electron chi connectivity index (χ2n) is 17.3. The number of benzene rings is 3. The normalized spacial score (nSPS) is 19.2. The molecule has 1 saturated heterocycles. The Hall–Kier alpha value is -5.62. The molecule has 12 heteroatoms. The summed E-state index contributed by atoms with van der Waals surface area (Å²) in [4.78, 5) is 48.7. The second kappa shape index (κ2) is 17.7. The van der Waals surface area contributed by atoms with E-state index in [9.17, 15) is 19.5 Å². The summed E-state index contributed by atoms with van der Waals surface area (Å²) < 4.78 is 0. The van der Waals surface area contributed by atoms with Crippen molar-refractivity contribution in [2.24, 2.45) is 11.3 Å². The molecule has 1 aliphatic heterocycles. The molecule has 0 bridgehead atoms. The first-order chi connectivity index (χ1) is 28.3. The number of phenolic OH excluding ortho intramolecular Hbond substituents is 1. The number of thiazole rings is 1. The second-order valence-corrected chi connectivity index (χ2v) is 18.1. The molecule has 59 heavy (non-hydrogen) atoms. The maximum absolute atomic E-state index is 14.2. The average molecular weight is 814 g/mol. The van der Waals surface area contributed by atoms with Crippen molar-refractivity contribution in [3.8, 4) is 38.6 Å². The Kier molecular flexibility index (Phi) is 12.5. The lowest BCUT2D eigenvalue weighted by Gasteiger charge is -2.36. The number of anilines is 1. The molecule has 2 aromatic heterocycles. The molecule has 3 aromatic carbocycles. The summed E-state index contributed by atoms with van der Waals surface area (Å²) in [5.74, 6) is 0.562. The Morgan fingerprint density at radius 1 is 0.898 bits per heavy atom. The number of hydrogen-bond donors (Lipinski definition) is 4. The van der Waals surface area contributed by atoms with Crippen molar-refractivity contribution in [1.82, 2.24) is 30.7 Å². The van der Waals surface area contributed by atoms with Crippen LogP contribution in [0.4, 0.5) is 5.82 Å². The highest BCUT2D eigenvalue weighted by Gasteiger charge is 2.42. The predicted octanol–water partition coefficient (Wildman–Crippen LogP) is 8.59. The van der Waals surface area contributed by atoms with Crippen LogP contribution in [0.5, 0.6) is 5.75 Å². The van der Waals surface area contributed by atoms with Gasteiger partial charge in [-0.3, -0.25) is 14.4 Å². The highest BCUT2D eigenvalue weighted by atomic mass is 32.1. The van der Waals surface area contributed by atoms with Crippen molar-refractivity contribution in [3.05, 3.63) is 101 Å². The number of nitrogens with one attached hydrogen (secondary N) is 2. The van der Waals surface area contributed by atoms with Crippen molar-refractivity contribution >= 4 is 34.9 Å². The summed E-state index contributed by atoms with van der Waals surface area (Å²) in [5.41, 5.74) is 14.7. The molecule has 2 aliphatic rings. The van der Waals surface area contributed by atoms with Gasteiger partial charge in [0.1, 0.15) is 17.8 Å². The number of nitrogens with zero attached hydrogens (tertiary/aromatic N) is 4. The van der Waals surface area contributed by atoms with E-state index < -0.39 is 17.5 Å². The zero-order valence-corrected chi connectivity index (χ0v) is 35.4. The highest BCUT2D eigenvalue weighted by molar-refractivity contribution is 7.13. The fourth-order valence-corrected chi connectivity index (χ4v) is 9.40. The third-order valence-corrected chi connectivity index (χ3v) is 13.0. The van der Waals surface area contributed by atoms with Crippen molar-refractivity contribution < 1.29 is 19.5 Å². The summed E-state index contributed by atoms with van der Waals surface area (Å²) >= 11 is 1.61. The van der Waals surface area contributed by atoms with Gasteiger partial charge >= 0.3 is 0 Å². The fraction of sp³-hybridized carbons (Fsp3) is 0.404. The van der Waals surface area contributed by atoms with Gasteiger partial charge in [0.05, 0.1) is 27.8 Å². The first kappa shape index (κ1) is 41.5. The number of rotatable bonds is 11. The monoisotopic (exact) mass is 813 g/mol. The van der Waals surface area contributed by atoms with E-state index in [0.717, 1.165) is 64.9 Å². The maximum atomic E-state index is 14.2. The van der Waals surface area contributed by atoms with Gasteiger partial charge < -0.3 is 26.4 Å². The van der Waals surface area contributed by atoms with Crippen LogP contribution in [-0.4, -0.2) is 61.5 Å². The van der Waals surface area contributed by atoms with Crippen LogP contribution >= 0.6 is 11.3 Å². The van der Waals surface area contributed by atoms with E-state index in [4.69, 9.17) is 5.73 Å². The lowest BCUT2D eigenvalue weighted by Crippen LogP contribution is -2.57. The van der Waals surface area contributed by atoms with Crippen LogP contribution in [0.1, 0.15) is 101 Å². The molecule has 0 radical (unpaired) electrons. The minimum absolute atomic E-state index is 0.122. The van der Waals surface area contributed by atoms with Gasteiger partial charge in [0.25, 0.3) is 0 Å². The lowest BCUT2D eigenvalue weighted by molar-refractivity contribution is -0.144. The molecular formula is C47H55N7O4S. The minimum atomic E-state index is -0.752. The van der Waals surface area contributed by atoms with Gasteiger partial charge in [-0.2, -0.15) is 0 Å². The molecule has 3 atom stereocenters. The van der Waals surface area contributed by atoms with Crippen molar-refractivity contribution in [2.75, 3.05) is 12.3 Å². The smallest absolute Gasteiger partial charge is 0.246 e. The van der Waals surface area contributed by atoms with Crippen LogP contribution in [0.2, 0.25) is 0 Å². The summed E-state index contributed by atoms with van der Waals surface area (Å²) in [5, 5.41) is 25.0. The molecule has 3 heterocycles. The van der Waals surface area contributed by atoms with Crippen LogP contribution < -0.4 is 16.4 Å². The topological polar surface area (TPSA) is 163 Å². The Morgan fingerprint density at radius 3 is 2.25 bits per heavy atom. The summed E-state index contributed by atoms with van der Waals surface area (Å²) in [7, 11) is 0. The minimum Gasteiger partial charge on any atom is -0.507 e. The molecule has 11 nitrogen and oxygen atoms in total. The SMILES string of the molecule is Cc1ncsc1-c1ccc(C(C)NC(=O)C2CCCN2C(=O)C(NC(=O)CC2CCC(c3ccc(-c4cc(-c5ccccc5O)nnc4N)cc3)CC2)C(C)(C)C)cc1. The molecule has 0 spiro atoms. The molecule has 2 fully saturated rings. The van der Waals surface area contributed by atoms with Crippen LogP contribution in [0.15, 0.2) is 84.4 Å². The Bertz CT molecular complexity index is 2280. The number of carbonyl (C=O) groups excluding carboxylic acids is 3. The molecule has 3 amide bonds. The van der Waals surface area contributed by atoms with Crippen LogP contribution in [0, 0.1) is 18.3 Å². The van der Waals surface area contributed by atoms with Gasteiger partial charge in [0, 0.05) is 24.1 Å². The number of phenols is 1. The standard InChI is InChI=1S/C47H55N7O4S/c1-28(31-16-22-35(23-17-31)42-29(2)49-27-59-42)50-45(57)39-10-8-24-54(39)46(58)43(47(3,4)5)51-41(56)25-30-12-14-32(15-13-30)33-18-20-34(21-19-33)37-26-38(52-53-44(37)48)36-9-6-7-11-40(36)55/h6-7,9,11,16-23,26-28,30,32,39,43,55H,8,10,12-15,24-25H2,1-5H3,(H2,48,53)(H,50,57)(H,51,56). The number of aromatic hydroxyl groups is 1. The van der Waals surface area contributed by atoms with Crippen molar-refractivity contribution in [3.63, 3.8) is 0 Å². The van der Waals surface area contributed by atoms with E-state index in [0.29, 0.717) is 42.4 Å². The van der Waals surface area contributed by atoms with Gasteiger partial charge in [0.15, 0.2) is 5.82 Å². The fourth-order valence-electron chi connectivity index (χ4n) is 8.58. The predicted molar refractivity (Wildman–Crippen MR) is 233 cm³/mol. The van der Waals surface area contributed by atoms with Crippen molar-refractivity contribution in [1.29, 1.82) is 0 Å². The summed E-state index contributed by atoms with van der Waals surface area (Å²) in [6.45, 7) is 10.3. The zero-order chi connectivity index (χ0) is 41.8. The van der Waals surface area contributed by atoms with Gasteiger partial charge in [-0.25, -0.2) is 4.98 Å². The van der Waals surface area contributed by atoms with Gasteiger partial charge in [-0.05, 0) is 110 Å². The van der Waals surface area contributed by atoms with Gasteiger partial charge in [0.2, 0.25) is 17.7 Å². The number of hydrogen-bond acceptors (Lipinski definition) is 9. The van der Waals surface area contributed by atoms with E-state index in [1.54, 1.807) is 34.4 Å². The van der Waals surface area contributed by atoms with Crippen molar-refractivity contribution in [2.45, 2.75) is 104 Å². The summed E-state index contributed by atoms with van der Waals surface area (Å²) in [6.07, 6.45) is 5.44. The molecule has 1 aliphatic carbocycles. The first-order valence-corrected chi connectivity index (χ1v) is 21.6. The van der Waals surface area contributed by atoms with Gasteiger partial charge in [-0.1, -0.05) is 81.4 Å². The number of nitrogens with two attached hydrogens (primary N) is 1. The molecule has 308 valence electrons. The third-order valence-electron chi connectivity index (χ3n) is 12.1. The molecule has 5 aromatic rings. The van der Waals surface area contributed by atoms with Gasteiger partial charge in [-0.15, -0.1) is 21.5 Å². The average Bonchev–Trinajstić information content (AvgIpc) is 3.90. The number of likely N-dealkylation sites (tertiary alicyclic amines) is 1. The Balaban J connectivity index is 0.919. The number of para-hydroxylation sites is 1. The van der Waals surface area contributed by atoms with E-state index in [-0.39, 0.29) is 35.4 Å². The number of nitrogen functional groups attached to an aromatic ring is 1. The summed E-state index contributed by atoms with van der Waals surface area (Å²) in [6, 6.07) is 23.9. The quantitative estimate of drug-likeness (QED) is 0.103. The van der Waals surface area contributed by atoms with E-state index in [1.807, 2.05) is 64.4 Å². The van der Waals surface area contributed by atoms with Crippen LogP contribution in [0.25, 0.3) is 32.8 Å². The number of carbonyl (C=O) groups is 3. The van der Waals surface area contributed by atoms with E-state index in [2.05, 4.69) is 62.2 Å². The Morgan fingerprint density at radius 2 is 1.59 bits per heavy atom. The number of amides is 3. The first-order valence-electron chi connectivity index (χ1n) is 20.7. The lowest BCUT2D eigenvalue weighted by atomic mass is 9.77. The molecular weight excluding hydrogens is 759 g/mol.